The Hall–Kier alpha value is -4.00. The van der Waals surface area contributed by atoms with Crippen LogP contribution in [-0.2, 0) is 9.59 Å². The Morgan fingerprint density at radius 2 is 1.37 bits per heavy atom. The van der Waals surface area contributed by atoms with Gasteiger partial charge in [0.15, 0.2) is 0 Å². The van der Waals surface area contributed by atoms with E-state index in [0.29, 0.717) is 12.0 Å². The lowest BCUT2D eigenvalue weighted by Gasteiger charge is -2.15. The van der Waals surface area contributed by atoms with Crippen LogP contribution < -0.4 is 10.6 Å². The number of allylic oxidation sites excluding steroid dienone is 12. The highest BCUT2D eigenvalue weighted by Crippen LogP contribution is 1.99. The Balaban J connectivity index is 2.14. The first-order chi connectivity index (χ1) is 18.5. The molecule has 0 bridgehead atoms. The fourth-order valence-electron chi connectivity index (χ4n) is 3.11. The Morgan fingerprint density at radius 1 is 0.842 bits per heavy atom. The monoisotopic (exact) mass is 519 g/mol. The first-order valence-electron chi connectivity index (χ1n) is 13.1. The van der Waals surface area contributed by atoms with Crippen molar-refractivity contribution >= 4 is 17.8 Å². The lowest BCUT2D eigenvalue weighted by molar-refractivity contribution is -0.141. The number of pyridine rings is 1. The van der Waals surface area contributed by atoms with Gasteiger partial charge >= 0.3 is 5.97 Å². The molecule has 204 valence electrons. The number of rotatable bonds is 19. The molecule has 3 N–H and O–H groups in total. The maximum atomic E-state index is 12.1. The second-order valence-electron chi connectivity index (χ2n) is 8.36. The molecule has 1 heterocycles. The van der Waals surface area contributed by atoms with Gasteiger partial charge in [0.25, 0.3) is 5.91 Å². The largest absolute Gasteiger partial charge is 0.480 e. The molecule has 7 nitrogen and oxygen atoms in total. The van der Waals surface area contributed by atoms with E-state index in [0.717, 1.165) is 38.5 Å². The third-order valence-electron chi connectivity index (χ3n) is 5.16. The molecule has 0 radical (unpaired) electrons. The predicted molar refractivity (Wildman–Crippen MR) is 154 cm³/mol. The van der Waals surface area contributed by atoms with Gasteiger partial charge in [-0.2, -0.15) is 0 Å². The van der Waals surface area contributed by atoms with Crippen molar-refractivity contribution in [1.29, 1.82) is 0 Å². The smallest absolute Gasteiger partial charge is 0.328 e. The summed E-state index contributed by atoms with van der Waals surface area (Å²) in [5, 5.41) is 14.3. The highest BCUT2D eigenvalue weighted by Gasteiger charge is 2.20. The molecule has 0 aromatic carbocycles. The van der Waals surface area contributed by atoms with Crippen molar-refractivity contribution in [2.75, 3.05) is 6.54 Å². The van der Waals surface area contributed by atoms with Crippen molar-refractivity contribution in [3.05, 3.63) is 103 Å². The van der Waals surface area contributed by atoms with Crippen LogP contribution in [0, 0.1) is 0 Å². The molecule has 38 heavy (non-hydrogen) atoms. The first kappa shape index (κ1) is 32.0. The minimum atomic E-state index is -1.21. The number of aromatic nitrogens is 1. The number of nitrogens with zero attached hydrogens (tertiary/aromatic N) is 1. The van der Waals surface area contributed by atoms with E-state index in [4.69, 9.17) is 0 Å². The van der Waals surface area contributed by atoms with Crippen LogP contribution in [0.2, 0.25) is 0 Å². The molecule has 2 amide bonds. The van der Waals surface area contributed by atoms with E-state index in [1.807, 2.05) is 12.2 Å². The summed E-state index contributed by atoms with van der Waals surface area (Å²) in [5.74, 6) is -2.04. The van der Waals surface area contributed by atoms with E-state index in [-0.39, 0.29) is 18.9 Å². The topological polar surface area (TPSA) is 108 Å². The number of carbonyl (C=O) groups is 3. The summed E-state index contributed by atoms with van der Waals surface area (Å²) in [6.45, 7) is 1.92. The molecule has 0 aliphatic heterocycles. The maximum Gasteiger partial charge on any atom is 0.328 e. The summed E-state index contributed by atoms with van der Waals surface area (Å²) < 4.78 is 0. The van der Waals surface area contributed by atoms with E-state index < -0.39 is 17.9 Å². The highest BCUT2D eigenvalue weighted by molar-refractivity contribution is 5.94. The molecule has 0 fully saturated rings. The van der Waals surface area contributed by atoms with Crippen molar-refractivity contribution in [3.63, 3.8) is 0 Å². The average molecular weight is 520 g/mol. The molecule has 1 aromatic heterocycles. The Morgan fingerprint density at radius 3 is 1.84 bits per heavy atom. The lowest BCUT2D eigenvalue weighted by Crippen LogP contribution is -2.48. The zero-order chi connectivity index (χ0) is 27.7. The Kier molecular flexibility index (Phi) is 18.7. The molecule has 1 unspecified atom stereocenters. The Bertz CT molecular complexity index is 992. The van der Waals surface area contributed by atoms with Crippen LogP contribution in [0.15, 0.2) is 97.4 Å². The molecular formula is C31H41N3O4. The van der Waals surface area contributed by atoms with Crippen LogP contribution in [0.5, 0.6) is 0 Å². The first-order valence-corrected chi connectivity index (χ1v) is 13.1. The fraction of sp³-hybridized carbons (Fsp3) is 0.355. The quantitative estimate of drug-likeness (QED) is 0.198. The van der Waals surface area contributed by atoms with Crippen molar-refractivity contribution in [3.8, 4) is 0 Å². The number of aliphatic carboxylic acids is 1. The van der Waals surface area contributed by atoms with Gasteiger partial charge in [0, 0.05) is 25.4 Å². The van der Waals surface area contributed by atoms with Crippen molar-refractivity contribution in [2.45, 2.75) is 64.3 Å². The minimum Gasteiger partial charge on any atom is -0.480 e. The van der Waals surface area contributed by atoms with Gasteiger partial charge in [-0.3, -0.25) is 14.6 Å². The third kappa shape index (κ3) is 17.4. The molecule has 1 atom stereocenters. The van der Waals surface area contributed by atoms with Gasteiger partial charge in [-0.05, 0) is 57.1 Å². The predicted octanol–water partition coefficient (Wildman–Crippen LogP) is 5.86. The number of nitrogens with one attached hydrogen (secondary N) is 2. The SMILES string of the molecule is CCC=CCC=CCC=CCC=CCC=CCC=CCCC(=O)NC(CNC(=O)c1cccnc1)C(=O)O. The average Bonchev–Trinajstić information content (AvgIpc) is 2.92. The number of hydrogen-bond acceptors (Lipinski definition) is 4. The van der Waals surface area contributed by atoms with Crippen LogP contribution >= 0.6 is 0 Å². The van der Waals surface area contributed by atoms with Gasteiger partial charge in [0.05, 0.1) is 5.56 Å². The van der Waals surface area contributed by atoms with Gasteiger partial charge in [0.2, 0.25) is 5.91 Å². The summed E-state index contributed by atoms with van der Waals surface area (Å²) in [6, 6.07) is 1.98. The molecule has 0 saturated heterocycles. The van der Waals surface area contributed by atoms with Gasteiger partial charge in [0.1, 0.15) is 6.04 Å². The van der Waals surface area contributed by atoms with Crippen molar-refractivity contribution in [2.24, 2.45) is 0 Å². The zero-order valence-electron chi connectivity index (χ0n) is 22.3. The highest BCUT2D eigenvalue weighted by atomic mass is 16.4. The number of carbonyl (C=O) groups excluding carboxylic acids is 2. The maximum absolute atomic E-state index is 12.1. The van der Waals surface area contributed by atoms with Crippen LogP contribution in [0.4, 0.5) is 0 Å². The van der Waals surface area contributed by atoms with Gasteiger partial charge in [-0.25, -0.2) is 4.79 Å². The van der Waals surface area contributed by atoms with Gasteiger partial charge in [-0.1, -0.05) is 79.8 Å². The normalized spacial score (nSPS) is 13.0. The standard InChI is InChI=1S/C31H41N3O4/c1-2-3-4-5-6-7-8-9-10-11-12-13-14-15-16-17-18-19-20-23-29(35)34-28(31(37)38)26-33-30(36)27-22-21-24-32-25-27/h3-4,6-7,9-10,12-13,15-16,18-19,21-22,24-25,28H,2,5,8,11,14,17,20,23,26H2,1H3,(H,33,36)(H,34,35)(H,37,38). The van der Waals surface area contributed by atoms with Crippen LogP contribution in [0.25, 0.3) is 0 Å². The molecule has 0 spiro atoms. The molecule has 0 aliphatic carbocycles. The van der Waals surface area contributed by atoms with E-state index in [1.165, 1.54) is 12.4 Å². The Labute approximate surface area is 226 Å². The molecular weight excluding hydrogens is 478 g/mol. The van der Waals surface area contributed by atoms with Crippen LogP contribution in [0.3, 0.4) is 0 Å². The van der Waals surface area contributed by atoms with Crippen LogP contribution in [0.1, 0.15) is 68.6 Å². The molecule has 0 saturated carbocycles. The molecule has 0 aliphatic rings. The summed E-state index contributed by atoms with van der Waals surface area (Å²) in [6.07, 6.45) is 34.6. The van der Waals surface area contributed by atoms with E-state index >= 15 is 0 Å². The van der Waals surface area contributed by atoms with E-state index in [2.05, 4.69) is 83.3 Å². The van der Waals surface area contributed by atoms with Crippen molar-refractivity contribution < 1.29 is 19.5 Å². The third-order valence-corrected chi connectivity index (χ3v) is 5.16. The summed E-state index contributed by atoms with van der Waals surface area (Å²) in [4.78, 5) is 39.4. The fourth-order valence-corrected chi connectivity index (χ4v) is 3.11. The number of carboxylic acids is 1. The summed E-state index contributed by atoms with van der Waals surface area (Å²) in [5.41, 5.74) is 0.320. The molecule has 7 heteroatoms. The minimum absolute atomic E-state index is 0.169. The zero-order valence-corrected chi connectivity index (χ0v) is 22.3. The summed E-state index contributed by atoms with van der Waals surface area (Å²) >= 11 is 0. The number of carboxylic acid groups (broad SMARTS) is 1. The lowest BCUT2D eigenvalue weighted by atomic mass is 10.2. The second kappa shape index (κ2) is 22.2. The van der Waals surface area contributed by atoms with Crippen LogP contribution in [-0.4, -0.2) is 40.5 Å². The molecule has 1 rings (SSSR count). The van der Waals surface area contributed by atoms with Crippen molar-refractivity contribution in [1.82, 2.24) is 15.6 Å². The molecule has 1 aromatic rings. The second-order valence-corrected chi connectivity index (χ2v) is 8.36. The number of hydrogen-bond donors (Lipinski definition) is 3. The number of amides is 2. The van der Waals surface area contributed by atoms with E-state index in [9.17, 15) is 19.5 Å². The summed E-state index contributed by atoms with van der Waals surface area (Å²) in [7, 11) is 0. The van der Waals surface area contributed by atoms with Gasteiger partial charge < -0.3 is 15.7 Å². The van der Waals surface area contributed by atoms with E-state index in [1.54, 1.807) is 12.1 Å². The van der Waals surface area contributed by atoms with Gasteiger partial charge in [-0.15, -0.1) is 0 Å².